The molecule has 0 spiro atoms. The maximum atomic E-state index is 12.8. The number of methoxy groups -OCH3 is 1. The number of aromatic nitrogens is 1. The smallest absolute Gasteiger partial charge is 0.335 e. The van der Waals surface area contributed by atoms with Crippen LogP contribution in [-0.2, 0) is 4.79 Å². The average molecular weight is 452 g/mol. The minimum atomic E-state index is -1.07. The molecule has 3 rings (SSSR count). The van der Waals surface area contributed by atoms with Crippen molar-refractivity contribution < 1.29 is 19.4 Å². The molecule has 2 aromatic carbocycles. The van der Waals surface area contributed by atoms with Gasteiger partial charge in [0.25, 0.3) is 5.56 Å². The number of ether oxygens (including phenoxy) is 1. The van der Waals surface area contributed by atoms with Gasteiger partial charge >= 0.3 is 5.97 Å². The molecule has 9 heteroatoms. The zero-order valence-electron chi connectivity index (χ0n) is 17.1. The summed E-state index contributed by atoms with van der Waals surface area (Å²) >= 11 is 6.07. The second-order valence-corrected chi connectivity index (χ2v) is 7.29. The number of nitrogens with zero attached hydrogens (tertiary/aromatic N) is 2. The molecule has 32 heavy (non-hydrogen) atoms. The van der Waals surface area contributed by atoms with Gasteiger partial charge in [-0.25, -0.2) is 4.79 Å². The lowest BCUT2D eigenvalue weighted by Crippen LogP contribution is -2.31. The monoisotopic (exact) mass is 451 g/mol. The summed E-state index contributed by atoms with van der Waals surface area (Å²) in [5.41, 5.74) is 1.14. The summed E-state index contributed by atoms with van der Waals surface area (Å²) in [5.74, 6) is -1.27. The number of benzene rings is 2. The van der Waals surface area contributed by atoms with Gasteiger partial charge in [-0.15, -0.1) is 0 Å². The van der Waals surface area contributed by atoms with Gasteiger partial charge in [0.15, 0.2) is 0 Å². The molecule has 0 bridgehead atoms. The van der Waals surface area contributed by atoms with Gasteiger partial charge in [-0.2, -0.15) is 5.26 Å². The maximum absolute atomic E-state index is 12.8. The highest BCUT2D eigenvalue weighted by molar-refractivity contribution is 6.31. The van der Waals surface area contributed by atoms with E-state index in [-0.39, 0.29) is 11.3 Å². The van der Waals surface area contributed by atoms with Crippen molar-refractivity contribution in [2.24, 2.45) is 0 Å². The first kappa shape index (κ1) is 22.6. The quantitative estimate of drug-likeness (QED) is 0.585. The number of hydrogen-bond acceptors (Lipinski definition) is 5. The van der Waals surface area contributed by atoms with Crippen LogP contribution in [0, 0.1) is 11.3 Å². The van der Waals surface area contributed by atoms with Crippen LogP contribution in [0.15, 0.2) is 59.5 Å². The number of rotatable bonds is 6. The summed E-state index contributed by atoms with van der Waals surface area (Å²) < 4.78 is 6.63. The van der Waals surface area contributed by atoms with Gasteiger partial charge in [-0.3, -0.25) is 14.2 Å². The lowest BCUT2D eigenvalue weighted by atomic mass is 10.0. The van der Waals surface area contributed by atoms with Crippen molar-refractivity contribution in [1.29, 1.82) is 5.26 Å². The Hall–Kier alpha value is -4.09. The largest absolute Gasteiger partial charge is 0.495 e. The highest BCUT2D eigenvalue weighted by atomic mass is 35.5. The molecule has 8 nitrogen and oxygen atoms in total. The lowest BCUT2D eigenvalue weighted by molar-refractivity contribution is -0.118. The third-order valence-corrected chi connectivity index (χ3v) is 5.09. The van der Waals surface area contributed by atoms with Crippen LogP contribution in [0.5, 0.6) is 5.75 Å². The fourth-order valence-corrected chi connectivity index (χ4v) is 3.28. The van der Waals surface area contributed by atoms with E-state index < -0.39 is 23.5 Å². The summed E-state index contributed by atoms with van der Waals surface area (Å²) in [6.45, 7) is 1.54. The summed E-state index contributed by atoms with van der Waals surface area (Å²) in [7, 11) is 1.42. The first-order valence-electron chi connectivity index (χ1n) is 9.39. The maximum Gasteiger partial charge on any atom is 0.335 e. The number of nitriles is 1. The number of carboxylic acids is 1. The first-order valence-corrected chi connectivity index (χ1v) is 9.77. The van der Waals surface area contributed by atoms with Gasteiger partial charge in [-0.1, -0.05) is 11.6 Å². The van der Waals surface area contributed by atoms with E-state index in [0.717, 1.165) is 0 Å². The molecule has 0 unspecified atom stereocenters. The SMILES string of the molecule is COc1cn([C@@H](C)C(=O)Nc2ccc(C(=O)O)cc2)c(=O)cc1-c1cc(Cl)ccc1C#N. The third kappa shape index (κ3) is 4.63. The predicted molar refractivity (Wildman–Crippen MR) is 119 cm³/mol. The van der Waals surface area contributed by atoms with Crippen LogP contribution < -0.4 is 15.6 Å². The normalized spacial score (nSPS) is 11.3. The van der Waals surface area contributed by atoms with Gasteiger partial charge in [0.05, 0.1) is 30.5 Å². The van der Waals surface area contributed by atoms with Gasteiger partial charge in [0.2, 0.25) is 5.91 Å². The molecular weight excluding hydrogens is 434 g/mol. The van der Waals surface area contributed by atoms with E-state index in [1.165, 1.54) is 48.2 Å². The Kier molecular flexibility index (Phi) is 6.61. The third-order valence-electron chi connectivity index (χ3n) is 4.85. The average Bonchev–Trinajstić information content (AvgIpc) is 2.78. The summed E-state index contributed by atoms with van der Waals surface area (Å²) in [6, 6.07) is 12.8. The Morgan fingerprint density at radius 1 is 1.16 bits per heavy atom. The zero-order valence-corrected chi connectivity index (χ0v) is 17.9. The summed E-state index contributed by atoms with van der Waals surface area (Å²) in [5, 5.41) is 21.4. The van der Waals surface area contributed by atoms with Crippen molar-refractivity contribution in [2.75, 3.05) is 12.4 Å². The van der Waals surface area contributed by atoms with Crippen molar-refractivity contribution in [1.82, 2.24) is 4.57 Å². The van der Waals surface area contributed by atoms with Crippen LogP contribution in [0.25, 0.3) is 11.1 Å². The molecule has 0 radical (unpaired) electrons. The summed E-state index contributed by atoms with van der Waals surface area (Å²) in [4.78, 5) is 36.5. The van der Waals surface area contributed by atoms with Crippen LogP contribution >= 0.6 is 11.6 Å². The number of halogens is 1. The van der Waals surface area contributed by atoms with Crippen LogP contribution in [0.4, 0.5) is 5.69 Å². The van der Waals surface area contributed by atoms with Gasteiger partial charge < -0.3 is 15.2 Å². The molecule has 0 fully saturated rings. The van der Waals surface area contributed by atoms with Crippen molar-refractivity contribution in [3.63, 3.8) is 0 Å². The zero-order chi connectivity index (χ0) is 23.4. The molecule has 162 valence electrons. The van der Waals surface area contributed by atoms with Crippen LogP contribution in [-0.4, -0.2) is 28.7 Å². The molecule has 0 aliphatic rings. The number of amides is 1. The topological polar surface area (TPSA) is 121 Å². The molecule has 1 atom stereocenters. The van der Waals surface area contributed by atoms with Gasteiger partial charge in [0, 0.05) is 27.9 Å². The van der Waals surface area contributed by atoms with Crippen molar-refractivity contribution in [3.8, 4) is 22.9 Å². The fourth-order valence-electron chi connectivity index (χ4n) is 3.11. The number of nitrogens with one attached hydrogen (secondary N) is 1. The van der Waals surface area contributed by atoms with E-state index in [4.69, 9.17) is 21.4 Å². The number of hydrogen-bond donors (Lipinski definition) is 2. The molecular formula is C23H18ClN3O5. The molecule has 0 saturated heterocycles. The number of pyridine rings is 1. The molecule has 3 aromatic rings. The minimum absolute atomic E-state index is 0.0883. The van der Waals surface area contributed by atoms with Crippen molar-refractivity contribution >= 4 is 29.2 Å². The molecule has 1 aromatic heterocycles. The van der Waals surface area contributed by atoms with Gasteiger partial charge in [-0.05, 0) is 49.4 Å². The van der Waals surface area contributed by atoms with E-state index in [1.807, 2.05) is 0 Å². The molecule has 1 heterocycles. The molecule has 2 N–H and O–H groups in total. The molecule has 1 amide bonds. The van der Waals surface area contributed by atoms with Crippen LogP contribution in [0.1, 0.15) is 28.9 Å². The molecule has 0 aliphatic carbocycles. The van der Waals surface area contributed by atoms with E-state index >= 15 is 0 Å². The number of carbonyl (C=O) groups excluding carboxylic acids is 1. The van der Waals surface area contributed by atoms with Crippen molar-refractivity contribution in [3.05, 3.63) is 81.2 Å². The van der Waals surface area contributed by atoms with Crippen LogP contribution in [0.3, 0.4) is 0 Å². The summed E-state index contributed by atoms with van der Waals surface area (Å²) in [6.07, 6.45) is 1.40. The second kappa shape index (κ2) is 9.37. The predicted octanol–water partition coefficient (Wildman–Crippen LogP) is 3.95. The van der Waals surface area contributed by atoms with Gasteiger partial charge in [0.1, 0.15) is 11.8 Å². The number of aromatic carboxylic acids is 1. The second-order valence-electron chi connectivity index (χ2n) is 6.85. The number of carbonyl (C=O) groups is 2. The van der Waals surface area contributed by atoms with E-state index in [9.17, 15) is 19.6 Å². The highest BCUT2D eigenvalue weighted by Gasteiger charge is 2.20. The Balaban J connectivity index is 1.94. The highest BCUT2D eigenvalue weighted by Crippen LogP contribution is 2.33. The fraction of sp³-hybridized carbons (Fsp3) is 0.130. The Bertz CT molecular complexity index is 1290. The standard InChI is InChI=1S/C23H18ClN3O5/c1-13(22(29)26-17-7-4-14(5-8-17)23(30)31)27-12-20(32-2)19(10-21(27)28)18-9-16(24)6-3-15(18)11-25/h3-10,12-13H,1-2H3,(H,26,29)(H,30,31)/t13-/m0/s1. The number of carboxylic acid groups (broad SMARTS) is 1. The Morgan fingerprint density at radius 2 is 1.84 bits per heavy atom. The van der Waals surface area contributed by atoms with E-state index in [1.54, 1.807) is 25.1 Å². The lowest BCUT2D eigenvalue weighted by Gasteiger charge is -2.18. The minimum Gasteiger partial charge on any atom is -0.495 e. The van der Waals surface area contributed by atoms with Crippen molar-refractivity contribution in [2.45, 2.75) is 13.0 Å². The van der Waals surface area contributed by atoms with E-state index in [0.29, 0.717) is 27.4 Å². The Labute approximate surface area is 188 Å². The van der Waals surface area contributed by atoms with E-state index in [2.05, 4.69) is 11.4 Å². The van der Waals surface area contributed by atoms with Crippen LogP contribution in [0.2, 0.25) is 5.02 Å². The first-order chi connectivity index (χ1) is 15.2. The Morgan fingerprint density at radius 3 is 2.44 bits per heavy atom. The molecule has 0 aliphatic heterocycles. The number of anilines is 1. The molecule has 0 saturated carbocycles.